The molecule has 0 saturated heterocycles. The summed E-state index contributed by atoms with van der Waals surface area (Å²) >= 11 is 0. The smallest absolute Gasteiger partial charge is 0.356 e. The van der Waals surface area contributed by atoms with Gasteiger partial charge in [-0.25, -0.2) is 9.78 Å². The quantitative estimate of drug-likeness (QED) is 0.671. The molecule has 0 aliphatic rings. The Morgan fingerprint density at radius 3 is 2.67 bits per heavy atom. The Morgan fingerprint density at radius 2 is 1.88 bits per heavy atom. The highest BCUT2D eigenvalue weighted by atomic mass is 16.5. The van der Waals surface area contributed by atoms with Crippen molar-refractivity contribution in [2.75, 3.05) is 14.2 Å². The molecule has 0 saturated carbocycles. The van der Waals surface area contributed by atoms with Gasteiger partial charge in [-0.3, -0.25) is 0 Å². The van der Waals surface area contributed by atoms with Crippen molar-refractivity contribution in [2.45, 2.75) is 6.61 Å². The Balaban J connectivity index is 1.93. The number of benzene rings is 2. The number of hydrogen-bond acceptors (Lipinski definition) is 5. The lowest BCUT2D eigenvalue weighted by Crippen LogP contribution is -2.06. The average Bonchev–Trinajstić information content (AvgIpc) is 2.65. The van der Waals surface area contributed by atoms with E-state index in [9.17, 15) is 4.79 Å². The molecule has 3 rings (SSSR count). The van der Waals surface area contributed by atoms with E-state index in [0.717, 1.165) is 16.7 Å². The first kappa shape index (κ1) is 15.8. The summed E-state index contributed by atoms with van der Waals surface area (Å²) in [6.45, 7) is 0.353. The van der Waals surface area contributed by atoms with E-state index in [1.165, 1.54) is 7.11 Å². The summed E-state index contributed by atoms with van der Waals surface area (Å²) in [6.07, 6.45) is 0. The van der Waals surface area contributed by atoms with Crippen LogP contribution in [0, 0.1) is 0 Å². The Morgan fingerprint density at radius 1 is 1.04 bits per heavy atom. The van der Waals surface area contributed by atoms with Crippen molar-refractivity contribution in [3.63, 3.8) is 0 Å². The molecule has 0 radical (unpaired) electrons. The van der Waals surface area contributed by atoms with Crippen molar-refractivity contribution in [2.24, 2.45) is 0 Å². The highest BCUT2D eigenvalue weighted by molar-refractivity contribution is 5.93. The van der Waals surface area contributed by atoms with E-state index < -0.39 is 5.97 Å². The van der Waals surface area contributed by atoms with Crippen LogP contribution >= 0.6 is 0 Å². The highest BCUT2D eigenvalue weighted by Crippen LogP contribution is 2.27. The van der Waals surface area contributed by atoms with Gasteiger partial charge in [0.05, 0.1) is 19.7 Å². The van der Waals surface area contributed by atoms with Crippen molar-refractivity contribution in [3.8, 4) is 11.5 Å². The molecule has 5 nitrogen and oxygen atoms in total. The molecule has 2 aromatic carbocycles. The number of hydrogen-bond donors (Lipinski definition) is 0. The van der Waals surface area contributed by atoms with E-state index in [-0.39, 0.29) is 5.69 Å². The second-order valence-corrected chi connectivity index (χ2v) is 5.15. The summed E-state index contributed by atoms with van der Waals surface area (Å²) in [5.41, 5.74) is 1.87. The molecule has 5 heteroatoms. The summed E-state index contributed by atoms with van der Waals surface area (Å²) in [6, 6.07) is 16.8. The lowest BCUT2D eigenvalue weighted by atomic mass is 10.1. The van der Waals surface area contributed by atoms with Gasteiger partial charge in [-0.2, -0.15) is 0 Å². The lowest BCUT2D eigenvalue weighted by Gasteiger charge is -2.11. The molecule has 24 heavy (non-hydrogen) atoms. The van der Waals surface area contributed by atoms with Gasteiger partial charge in [-0.15, -0.1) is 0 Å². The van der Waals surface area contributed by atoms with Crippen LogP contribution in [0.5, 0.6) is 11.5 Å². The van der Waals surface area contributed by atoms with Gasteiger partial charge in [0.2, 0.25) is 0 Å². The number of carbonyl (C=O) groups is 1. The zero-order chi connectivity index (χ0) is 16.9. The molecule has 0 aliphatic heterocycles. The van der Waals surface area contributed by atoms with Gasteiger partial charge in [0.15, 0.2) is 5.69 Å². The molecule has 0 amide bonds. The molecule has 1 heterocycles. The number of ether oxygens (including phenoxy) is 3. The van der Waals surface area contributed by atoms with Crippen molar-refractivity contribution >= 4 is 16.9 Å². The number of carbonyl (C=O) groups excluding carboxylic acids is 1. The number of rotatable bonds is 5. The summed E-state index contributed by atoms with van der Waals surface area (Å²) in [7, 11) is 2.95. The zero-order valence-electron chi connectivity index (χ0n) is 13.5. The summed E-state index contributed by atoms with van der Waals surface area (Å²) in [5.74, 6) is 0.863. The number of para-hydroxylation sites is 1. The van der Waals surface area contributed by atoms with Gasteiger partial charge in [-0.05, 0) is 29.8 Å². The first-order chi connectivity index (χ1) is 11.7. The molecule has 0 bridgehead atoms. The van der Waals surface area contributed by atoms with Crippen LogP contribution in [0.15, 0.2) is 54.6 Å². The third kappa shape index (κ3) is 3.30. The molecule has 1 aromatic heterocycles. The van der Waals surface area contributed by atoms with Crippen molar-refractivity contribution < 1.29 is 19.0 Å². The predicted molar refractivity (Wildman–Crippen MR) is 90.4 cm³/mol. The normalized spacial score (nSPS) is 10.4. The summed E-state index contributed by atoms with van der Waals surface area (Å²) in [4.78, 5) is 16.1. The van der Waals surface area contributed by atoms with Crippen molar-refractivity contribution in [1.82, 2.24) is 4.98 Å². The Bertz CT molecular complexity index is 876. The number of fused-ring (bicyclic) bond motifs is 1. The minimum absolute atomic E-state index is 0.219. The second-order valence-electron chi connectivity index (χ2n) is 5.15. The Hall–Kier alpha value is -3.08. The highest BCUT2D eigenvalue weighted by Gasteiger charge is 2.13. The molecule has 122 valence electrons. The molecule has 0 N–H and O–H groups in total. The second kappa shape index (κ2) is 7.00. The van der Waals surface area contributed by atoms with E-state index >= 15 is 0 Å². The largest absolute Gasteiger partial charge is 0.497 e. The number of methoxy groups -OCH3 is 2. The van der Waals surface area contributed by atoms with Crippen LogP contribution in [0.2, 0.25) is 0 Å². The maximum absolute atomic E-state index is 11.8. The van der Waals surface area contributed by atoms with E-state index in [2.05, 4.69) is 4.98 Å². The topological polar surface area (TPSA) is 57.7 Å². The molecule has 0 spiro atoms. The molecular weight excluding hydrogens is 306 g/mol. The van der Waals surface area contributed by atoms with Gasteiger partial charge < -0.3 is 14.2 Å². The van der Waals surface area contributed by atoms with Crippen LogP contribution in [0.1, 0.15) is 16.1 Å². The SMILES string of the molecule is COC(=O)c1cc(OCc2cccc(OC)c2)c2ccccc2n1. The van der Waals surface area contributed by atoms with E-state index in [1.807, 2.05) is 48.5 Å². The molecule has 3 aromatic rings. The maximum atomic E-state index is 11.8. The molecule has 0 fully saturated rings. The number of aromatic nitrogens is 1. The van der Waals surface area contributed by atoms with Crippen LogP contribution in [0.25, 0.3) is 10.9 Å². The number of esters is 1. The number of nitrogens with zero attached hydrogens (tertiary/aromatic N) is 1. The standard InChI is InChI=1S/C19H17NO4/c1-22-14-7-5-6-13(10-14)12-24-18-11-17(19(21)23-2)20-16-9-4-3-8-15(16)18/h3-11H,12H2,1-2H3. The Labute approximate surface area is 139 Å². The van der Waals surface area contributed by atoms with E-state index in [0.29, 0.717) is 17.9 Å². The maximum Gasteiger partial charge on any atom is 0.356 e. The van der Waals surface area contributed by atoms with E-state index in [1.54, 1.807) is 13.2 Å². The predicted octanol–water partition coefficient (Wildman–Crippen LogP) is 3.61. The molecular formula is C19H17NO4. The van der Waals surface area contributed by atoms with Gasteiger partial charge >= 0.3 is 5.97 Å². The van der Waals surface area contributed by atoms with Gasteiger partial charge in [0, 0.05) is 11.5 Å². The zero-order valence-corrected chi connectivity index (χ0v) is 13.5. The molecule has 0 aliphatic carbocycles. The van der Waals surface area contributed by atoms with Crippen LogP contribution in [0.3, 0.4) is 0 Å². The lowest BCUT2D eigenvalue weighted by molar-refractivity contribution is 0.0594. The van der Waals surface area contributed by atoms with Gasteiger partial charge in [-0.1, -0.05) is 24.3 Å². The first-order valence-electron chi connectivity index (χ1n) is 7.45. The average molecular weight is 323 g/mol. The van der Waals surface area contributed by atoms with Gasteiger partial charge in [0.1, 0.15) is 18.1 Å². The minimum atomic E-state index is -0.494. The van der Waals surface area contributed by atoms with Crippen LogP contribution in [-0.4, -0.2) is 25.2 Å². The van der Waals surface area contributed by atoms with Crippen molar-refractivity contribution in [1.29, 1.82) is 0 Å². The monoisotopic (exact) mass is 323 g/mol. The minimum Gasteiger partial charge on any atom is -0.497 e. The third-order valence-corrected chi connectivity index (χ3v) is 3.60. The fraction of sp³-hybridized carbons (Fsp3) is 0.158. The molecule has 0 atom stereocenters. The summed E-state index contributed by atoms with van der Waals surface area (Å²) in [5, 5.41) is 0.841. The van der Waals surface area contributed by atoms with Crippen LogP contribution < -0.4 is 9.47 Å². The van der Waals surface area contributed by atoms with E-state index in [4.69, 9.17) is 14.2 Å². The van der Waals surface area contributed by atoms with Crippen LogP contribution in [-0.2, 0) is 11.3 Å². The van der Waals surface area contributed by atoms with Crippen LogP contribution in [0.4, 0.5) is 0 Å². The van der Waals surface area contributed by atoms with Crippen molar-refractivity contribution in [3.05, 3.63) is 65.9 Å². The Kier molecular flexibility index (Phi) is 4.61. The third-order valence-electron chi connectivity index (χ3n) is 3.60. The molecule has 0 unspecified atom stereocenters. The first-order valence-corrected chi connectivity index (χ1v) is 7.45. The fourth-order valence-corrected chi connectivity index (χ4v) is 2.40. The summed E-state index contributed by atoms with van der Waals surface area (Å²) < 4.78 is 15.9. The number of pyridine rings is 1. The van der Waals surface area contributed by atoms with Gasteiger partial charge in [0.25, 0.3) is 0 Å². The fourth-order valence-electron chi connectivity index (χ4n) is 2.40.